The third-order valence-corrected chi connectivity index (χ3v) is 29.0. The Morgan fingerprint density at radius 1 is 0.232 bits per heavy atom. The molecule has 526 valence electrons. The van der Waals surface area contributed by atoms with Gasteiger partial charge in [-0.05, 0) is 193 Å². The first-order chi connectivity index (χ1) is 55.2. The summed E-state index contributed by atoms with van der Waals surface area (Å²) in [5, 5.41) is 25.3. The zero-order chi connectivity index (χ0) is 74.0. The van der Waals surface area contributed by atoms with Gasteiger partial charge in [-0.2, -0.15) is 0 Å². The fraction of sp³-hybridized carbons (Fsp3) is 0.0288. The van der Waals surface area contributed by atoms with E-state index in [-0.39, 0.29) is 0 Å². The molecule has 0 N–H and O–H groups in total. The summed E-state index contributed by atoms with van der Waals surface area (Å²) in [5.41, 5.74) is 19.7. The Hall–Kier alpha value is -13.1. The molecule has 0 aliphatic heterocycles. The molecule has 0 saturated heterocycles. The second-order valence-corrected chi connectivity index (χ2v) is 39.1. The van der Waals surface area contributed by atoms with Crippen molar-refractivity contribution < 1.29 is 0 Å². The van der Waals surface area contributed by atoms with Crippen molar-refractivity contribution in [2.75, 3.05) is 0 Å². The molecule has 0 spiro atoms. The number of hydrogen-bond acceptors (Lipinski definition) is 4. The van der Waals surface area contributed by atoms with Crippen molar-refractivity contribution >= 4 is 206 Å². The van der Waals surface area contributed by atoms with Crippen molar-refractivity contribution in [3.8, 4) is 61.8 Å². The Bertz CT molecular complexity index is 8040. The average molecular weight is 1500 g/mol. The summed E-state index contributed by atoms with van der Waals surface area (Å²) in [7, 11) is -1.35. The van der Waals surface area contributed by atoms with Gasteiger partial charge in [-0.1, -0.05) is 255 Å². The van der Waals surface area contributed by atoms with Crippen LogP contribution in [0.3, 0.4) is 0 Å². The van der Waals surface area contributed by atoms with E-state index >= 15 is 0 Å². The Morgan fingerprint density at radius 3 is 1.02 bits per heavy atom. The van der Waals surface area contributed by atoms with Gasteiger partial charge < -0.3 is 9.13 Å². The van der Waals surface area contributed by atoms with Crippen molar-refractivity contribution in [1.29, 1.82) is 0 Å². The summed E-state index contributed by atoms with van der Waals surface area (Å²) in [5.74, 6) is 0.935. The van der Waals surface area contributed by atoms with Gasteiger partial charge >= 0.3 is 0 Å². The van der Waals surface area contributed by atoms with Crippen LogP contribution in [0.5, 0.6) is 0 Å². The molecule has 0 aliphatic carbocycles. The molecule has 25 aromatic rings. The molecule has 112 heavy (non-hydrogen) atoms. The lowest BCUT2D eigenvalue weighted by Gasteiger charge is -2.17. The smallest absolute Gasteiger partial charge is 0.138 e. The molecule has 7 aromatic heterocycles. The molecule has 4 nitrogen and oxygen atoms in total. The lowest BCUT2D eigenvalue weighted by molar-refractivity contribution is 1.08. The second-order valence-electron chi connectivity index (χ2n) is 30.8. The molecule has 18 aromatic carbocycles. The summed E-state index contributed by atoms with van der Waals surface area (Å²) in [4.78, 5) is 5.15. The van der Waals surface area contributed by atoms with Crippen LogP contribution < -0.4 is 5.19 Å². The highest BCUT2D eigenvalue weighted by atomic mass is 32.1. The van der Waals surface area contributed by atoms with Gasteiger partial charge in [0.05, 0.1) is 46.9 Å². The standard InChI is InChI=1S/C37H22N2S.C35H27NSSi.C32H19NS/c1-2-8-23(9-3-1)30-12-7-15-35(38-30)39-31-13-6-10-24-16-18-28-26(19-20-32(39)37(28)36(24)31)25-17-21-34-29(22-25)27-11-4-5-14-33(27)40-34;1-38(2,3)25-15-13-24(14-16-25)36-30-9-6-7-22-11-17-28-26(18-19-31(36)35(28)34(22)30)23-12-20-33-29(21-23)27-8-4-5-10-32(27)37-33;1-2-8-22(9-3-1)33-27-11-6-7-20-13-15-25-23(16-17-28(33)32(25)31(20)27)21-14-18-30-26(19-21)24-10-4-5-12-29(24)34-30/h1-22H;4-21H,1-3H3;1-19H. The van der Waals surface area contributed by atoms with E-state index in [9.17, 15) is 0 Å². The molecule has 8 heteroatoms. The maximum atomic E-state index is 5.15. The fourth-order valence-electron chi connectivity index (χ4n) is 18.3. The lowest BCUT2D eigenvalue weighted by Crippen LogP contribution is -2.37. The molecule has 0 atom stereocenters. The van der Waals surface area contributed by atoms with Crippen molar-refractivity contribution in [2.24, 2.45) is 0 Å². The maximum Gasteiger partial charge on any atom is 0.138 e. The van der Waals surface area contributed by atoms with Crippen LogP contribution in [0.1, 0.15) is 0 Å². The average Bonchev–Trinajstić information content (AvgIpc) is 1.56. The Morgan fingerprint density at radius 2 is 0.589 bits per heavy atom. The number of benzene rings is 18. The topological polar surface area (TPSA) is 27.7 Å². The van der Waals surface area contributed by atoms with E-state index in [1.165, 1.54) is 208 Å². The van der Waals surface area contributed by atoms with Gasteiger partial charge in [0, 0.05) is 110 Å². The monoisotopic (exact) mass is 1500 g/mol. The summed E-state index contributed by atoms with van der Waals surface area (Å²) >= 11 is 5.62. The van der Waals surface area contributed by atoms with Crippen LogP contribution in [0.15, 0.2) is 358 Å². The quantitative estimate of drug-likeness (QED) is 0.110. The minimum Gasteiger partial charge on any atom is -0.309 e. The van der Waals surface area contributed by atoms with Crippen LogP contribution in [-0.4, -0.2) is 26.8 Å². The van der Waals surface area contributed by atoms with Gasteiger partial charge in [-0.15, -0.1) is 34.0 Å². The Labute approximate surface area is 658 Å². The first-order valence-corrected chi connectivity index (χ1v) is 44.4. The Balaban J connectivity index is 0.000000101. The van der Waals surface area contributed by atoms with Crippen LogP contribution in [0.2, 0.25) is 19.6 Å². The van der Waals surface area contributed by atoms with Crippen molar-refractivity contribution in [3.05, 3.63) is 358 Å². The number of aromatic nitrogens is 4. The van der Waals surface area contributed by atoms with Crippen LogP contribution in [0.4, 0.5) is 0 Å². The van der Waals surface area contributed by atoms with E-state index in [1.807, 2.05) is 40.1 Å². The molecule has 0 radical (unpaired) electrons. The van der Waals surface area contributed by atoms with Crippen molar-refractivity contribution in [3.63, 3.8) is 0 Å². The summed E-state index contributed by atoms with van der Waals surface area (Å²) in [6.45, 7) is 7.23. The summed E-state index contributed by atoms with van der Waals surface area (Å²) in [6, 6.07) is 131. The molecule has 0 amide bonds. The van der Waals surface area contributed by atoms with Gasteiger partial charge in [-0.25, -0.2) is 4.98 Å². The molecule has 25 rings (SSSR count). The zero-order valence-electron chi connectivity index (χ0n) is 61.6. The number of para-hydroxylation sites is 1. The fourth-order valence-corrected chi connectivity index (χ4v) is 22.7. The number of thiophene rings is 3. The van der Waals surface area contributed by atoms with E-state index in [4.69, 9.17) is 4.98 Å². The molecule has 0 fully saturated rings. The molecule has 7 heterocycles. The molecule has 0 aliphatic rings. The van der Waals surface area contributed by atoms with Crippen LogP contribution >= 0.6 is 34.0 Å². The van der Waals surface area contributed by atoms with Crippen molar-refractivity contribution in [2.45, 2.75) is 19.6 Å². The van der Waals surface area contributed by atoms with Gasteiger partial charge in [0.15, 0.2) is 0 Å². The number of rotatable bonds is 8. The van der Waals surface area contributed by atoms with Crippen LogP contribution in [-0.2, 0) is 0 Å². The number of fused-ring (bicyclic) bond motifs is 9. The Kier molecular flexibility index (Phi) is 14.6. The minimum atomic E-state index is -1.35. The highest BCUT2D eigenvalue weighted by molar-refractivity contribution is 7.26. The number of hydrogen-bond donors (Lipinski definition) is 0. The van der Waals surface area contributed by atoms with Gasteiger partial charge in [0.2, 0.25) is 0 Å². The molecule has 0 saturated carbocycles. The highest BCUT2D eigenvalue weighted by Gasteiger charge is 2.25. The highest BCUT2D eigenvalue weighted by Crippen LogP contribution is 2.49. The predicted octanol–water partition coefficient (Wildman–Crippen LogP) is 29.8. The lowest BCUT2D eigenvalue weighted by atomic mass is 9.94. The zero-order valence-corrected chi connectivity index (χ0v) is 65.0. The molecule has 0 unspecified atom stereocenters. The van der Waals surface area contributed by atoms with E-state index < -0.39 is 8.07 Å². The third kappa shape index (κ3) is 10.1. The minimum absolute atomic E-state index is 0.935. The number of nitrogens with zero attached hydrogens (tertiary/aromatic N) is 4. The predicted molar refractivity (Wildman–Crippen MR) is 490 cm³/mol. The maximum absolute atomic E-state index is 5.15. The van der Waals surface area contributed by atoms with Gasteiger partial charge in [0.25, 0.3) is 0 Å². The molecular weight excluding hydrogens is 1430 g/mol. The van der Waals surface area contributed by atoms with E-state index in [0.29, 0.717) is 0 Å². The summed E-state index contributed by atoms with van der Waals surface area (Å²) < 4.78 is 15.3. The number of pyridine rings is 1. The molecule has 0 bridgehead atoms. The summed E-state index contributed by atoms with van der Waals surface area (Å²) in [6.07, 6.45) is 0. The first-order valence-electron chi connectivity index (χ1n) is 38.5. The van der Waals surface area contributed by atoms with Crippen molar-refractivity contribution in [1.82, 2.24) is 18.7 Å². The van der Waals surface area contributed by atoms with E-state index in [1.54, 1.807) is 0 Å². The van der Waals surface area contributed by atoms with Gasteiger partial charge in [-0.3, -0.25) is 4.57 Å². The second kappa shape index (κ2) is 25.2. The van der Waals surface area contributed by atoms with E-state index in [2.05, 4.69) is 385 Å². The normalized spacial score (nSPS) is 12.2. The van der Waals surface area contributed by atoms with Crippen LogP contribution in [0, 0.1) is 0 Å². The van der Waals surface area contributed by atoms with E-state index in [0.717, 1.165) is 17.1 Å². The molecular formula is C104H68N4S3Si. The third-order valence-electron chi connectivity index (χ3n) is 23.5. The SMILES string of the molecule is C[Si](C)(C)c1ccc(-n2c3cccc4ccc5c(-c6ccc7sc8ccccc8c7c6)ccc2c5c43)cc1.c1ccc(-c2cccc(-n3c4cccc5ccc6c(-c7ccc8sc9ccccc9c8c7)ccc3c6c54)n2)cc1.c1ccc(-n2c3cccc4ccc5c(-c6ccc7sc8ccccc8c7c6)ccc2c5c43)cc1. The first kappa shape index (κ1) is 64.9. The largest absolute Gasteiger partial charge is 0.309 e. The van der Waals surface area contributed by atoms with Crippen LogP contribution in [0.25, 0.3) is 220 Å². The van der Waals surface area contributed by atoms with Gasteiger partial charge in [0.1, 0.15) is 5.82 Å².